The number of benzene rings is 7. The minimum Gasteiger partial charge on any atom is -0.497 e. The van der Waals surface area contributed by atoms with E-state index in [4.69, 9.17) is 4.74 Å². The molecule has 10 aromatic carbocycles. The highest BCUT2D eigenvalue weighted by atomic mass is 16.5. The van der Waals surface area contributed by atoms with Gasteiger partial charge in [-0.1, -0.05) is 42.5 Å². The summed E-state index contributed by atoms with van der Waals surface area (Å²) in [4.78, 5) is 2.72. The number of hydrogen-bond donors (Lipinski definition) is 0. The molecular weight excluding hydrogens is 619 g/mol. The van der Waals surface area contributed by atoms with Gasteiger partial charge in [-0.15, -0.1) is 0 Å². The topological polar surface area (TPSA) is 12.5 Å². The fourth-order valence-electron chi connectivity index (χ4n) is 15.9. The highest BCUT2D eigenvalue weighted by molar-refractivity contribution is 6.59. The normalized spacial score (nSPS) is 27.8. The van der Waals surface area contributed by atoms with Crippen molar-refractivity contribution in [1.82, 2.24) is 4.90 Å². The van der Waals surface area contributed by atoms with Crippen molar-refractivity contribution in [2.45, 2.75) is 42.6 Å². The Labute approximate surface area is 290 Å². The monoisotopic (exact) mass is 645 g/mol. The molecule has 51 heavy (non-hydrogen) atoms. The van der Waals surface area contributed by atoms with Crippen LogP contribution in [0, 0.1) is 5.92 Å². The lowest BCUT2D eigenvalue weighted by Crippen LogP contribution is -2.33. The highest BCUT2D eigenvalue weighted by Crippen LogP contribution is 2.73. The van der Waals surface area contributed by atoms with E-state index in [0.717, 1.165) is 25.1 Å². The summed E-state index contributed by atoms with van der Waals surface area (Å²) < 4.78 is 5.67. The number of methoxy groups -OCH3 is 1. The minimum atomic E-state index is -0.0414. The molecule has 5 unspecified atom stereocenters. The van der Waals surface area contributed by atoms with Crippen molar-refractivity contribution in [2.75, 3.05) is 20.7 Å². The molecule has 5 atom stereocenters. The van der Waals surface area contributed by atoms with Crippen LogP contribution in [0.15, 0.2) is 48.5 Å². The van der Waals surface area contributed by atoms with E-state index in [1.54, 1.807) is 154 Å². The molecule has 0 saturated carbocycles. The first-order valence-electron chi connectivity index (χ1n) is 19.3. The van der Waals surface area contributed by atoms with Crippen molar-refractivity contribution in [1.29, 1.82) is 0 Å². The molecule has 18 rings (SSSR count). The van der Waals surface area contributed by atoms with Crippen LogP contribution in [0.25, 0.3) is 97.8 Å². The van der Waals surface area contributed by atoms with Crippen LogP contribution in [0.4, 0.5) is 0 Å². The summed E-state index contributed by atoms with van der Waals surface area (Å²) in [5, 5.41) is 28.0. The molecule has 0 N–H and O–H groups in total. The average Bonchev–Trinajstić information content (AvgIpc) is 3.98. The molecule has 10 aromatic rings. The van der Waals surface area contributed by atoms with E-state index in [2.05, 4.69) is 66.6 Å². The standard InChI is InChI=1S/C49H27NO/c1-50-15-49-14-23-12-21-10-18-7-17-8-20-9-19-11-22-13-25(46(49)48(50)16-3-5-24(51-2)6-4-16)33-38-29(22)28(19)35-30(20)34-26(17)27(18)36-31(21)37-32(23)47(49)45(33)44-42(37)40(36)39(34)41(35)43(38)44/h3-6,8,10-11,13-14,19,28,46,48H,7,9,12,15H2,1-2H3. The van der Waals surface area contributed by atoms with Gasteiger partial charge in [0.05, 0.1) is 7.11 Å². The Morgan fingerprint density at radius 3 is 2.22 bits per heavy atom. The maximum absolute atomic E-state index is 5.67. The van der Waals surface area contributed by atoms with Gasteiger partial charge >= 0.3 is 0 Å². The molecule has 0 radical (unpaired) electrons. The average molecular weight is 646 g/mol. The maximum atomic E-state index is 5.67. The zero-order valence-corrected chi connectivity index (χ0v) is 28.2. The molecule has 2 nitrogen and oxygen atoms in total. The van der Waals surface area contributed by atoms with Gasteiger partial charge in [-0.25, -0.2) is 0 Å². The number of likely N-dealkylation sites (tertiary alicyclic amines) is 1. The molecule has 7 aliphatic carbocycles. The predicted octanol–water partition coefficient (Wildman–Crippen LogP) is 9.68. The van der Waals surface area contributed by atoms with E-state index in [0.29, 0.717) is 23.8 Å². The number of rotatable bonds is 2. The van der Waals surface area contributed by atoms with Gasteiger partial charge in [0.2, 0.25) is 0 Å². The van der Waals surface area contributed by atoms with Crippen LogP contribution in [0.1, 0.15) is 73.5 Å². The Morgan fingerprint density at radius 2 is 1.35 bits per heavy atom. The molecular formula is C49H27NO. The third kappa shape index (κ3) is 1.81. The number of allylic oxidation sites excluding steroid dienone is 1. The molecule has 8 aliphatic rings. The van der Waals surface area contributed by atoms with E-state index in [1.165, 1.54) is 12.0 Å². The van der Waals surface area contributed by atoms with Crippen molar-refractivity contribution < 1.29 is 4.74 Å². The molecule has 0 aromatic heterocycles. The van der Waals surface area contributed by atoms with E-state index < -0.39 is 0 Å². The fraction of sp³-hybridized carbons (Fsp3) is 0.224. The van der Waals surface area contributed by atoms with E-state index >= 15 is 0 Å². The van der Waals surface area contributed by atoms with Gasteiger partial charge in [-0.05, 0) is 197 Å². The number of likely N-dealkylation sites (N-methyl/N-ethyl adjacent to an activating group) is 1. The largest absolute Gasteiger partial charge is 0.497 e. The second-order valence-electron chi connectivity index (χ2n) is 18.2. The summed E-state index contributed by atoms with van der Waals surface area (Å²) in [7, 11) is 4.20. The SMILES string of the molecule is COc1ccc(C2C3c4cc5c6c7c4c4c8c9c%10c%11c(cc%12c%13c%14c(cc%15c%16c(c%17c7c4c%10c(c%13%11)c%17c%16%14)C6C(C=5)C%15)C%12)CC9=CC83CN2C)cc1. The first-order valence-corrected chi connectivity index (χ1v) is 19.3. The maximum Gasteiger partial charge on any atom is 0.118 e. The van der Waals surface area contributed by atoms with Crippen LogP contribution in [0.3, 0.4) is 0 Å². The van der Waals surface area contributed by atoms with E-state index in [1.807, 2.05) is 0 Å². The summed E-state index contributed by atoms with van der Waals surface area (Å²) >= 11 is 0. The number of ether oxygens (including phenoxy) is 1. The minimum absolute atomic E-state index is 0.0414. The summed E-state index contributed by atoms with van der Waals surface area (Å²) in [5.74, 6) is 2.35. The molecule has 0 amide bonds. The predicted molar refractivity (Wildman–Crippen MR) is 207 cm³/mol. The Hall–Kier alpha value is -5.18. The van der Waals surface area contributed by atoms with Crippen LogP contribution in [0.5, 0.6) is 5.75 Å². The van der Waals surface area contributed by atoms with Gasteiger partial charge in [0.1, 0.15) is 5.75 Å². The summed E-state index contributed by atoms with van der Waals surface area (Å²) in [6, 6.07) is 17.5. The zero-order valence-electron chi connectivity index (χ0n) is 28.2. The highest BCUT2D eigenvalue weighted by Gasteiger charge is 2.60. The molecule has 234 valence electrons. The third-order valence-electron chi connectivity index (χ3n) is 16.7. The lowest BCUT2D eigenvalue weighted by molar-refractivity contribution is 0.303. The quantitative estimate of drug-likeness (QED) is 0.174. The van der Waals surface area contributed by atoms with Crippen LogP contribution in [-0.2, 0) is 24.7 Å². The molecule has 1 saturated heterocycles. The number of fused-ring (bicyclic) bond motifs is 1. The molecule has 1 fully saturated rings. The van der Waals surface area contributed by atoms with Crippen molar-refractivity contribution in [3.05, 3.63) is 109 Å². The number of hydrogen-bond acceptors (Lipinski definition) is 2. The molecule has 0 bridgehead atoms. The second-order valence-corrected chi connectivity index (χ2v) is 18.2. The van der Waals surface area contributed by atoms with Crippen molar-refractivity contribution in [2.24, 2.45) is 5.92 Å². The van der Waals surface area contributed by atoms with Crippen LogP contribution in [0.2, 0.25) is 0 Å². The Balaban J connectivity index is 1.19. The van der Waals surface area contributed by atoms with Gasteiger partial charge in [-0.3, -0.25) is 4.90 Å². The first kappa shape index (κ1) is 23.3. The van der Waals surface area contributed by atoms with Crippen molar-refractivity contribution in [3.63, 3.8) is 0 Å². The Morgan fingerprint density at radius 1 is 0.667 bits per heavy atom. The summed E-state index contributed by atoms with van der Waals surface area (Å²) in [5.41, 5.74) is 17.9. The smallest absolute Gasteiger partial charge is 0.118 e. The van der Waals surface area contributed by atoms with Gasteiger partial charge in [0.25, 0.3) is 0 Å². The van der Waals surface area contributed by atoms with Crippen LogP contribution < -0.4 is 9.96 Å². The van der Waals surface area contributed by atoms with Gasteiger partial charge < -0.3 is 4.74 Å². The van der Waals surface area contributed by atoms with Crippen molar-refractivity contribution >= 4 is 97.8 Å². The van der Waals surface area contributed by atoms with Crippen LogP contribution >= 0.6 is 0 Å². The first-order chi connectivity index (χ1) is 25.1. The zero-order chi connectivity index (χ0) is 32.0. The summed E-state index contributed by atoms with van der Waals surface area (Å²) in [6.45, 7) is 1.06. The molecule has 1 aliphatic heterocycles. The van der Waals surface area contributed by atoms with Crippen molar-refractivity contribution in [3.8, 4) is 5.75 Å². The van der Waals surface area contributed by atoms with Crippen LogP contribution in [-0.4, -0.2) is 25.6 Å². The van der Waals surface area contributed by atoms with Gasteiger partial charge in [-0.2, -0.15) is 0 Å². The molecule has 1 spiro atoms. The Kier molecular flexibility index (Phi) is 2.88. The summed E-state index contributed by atoms with van der Waals surface area (Å²) in [6.07, 6.45) is 8.97. The van der Waals surface area contributed by atoms with E-state index in [-0.39, 0.29) is 5.41 Å². The van der Waals surface area contributed by atoms with Gasteiger partial charge in [0.15, 0.2) is 0 Å². The third-order valence-corrected chi connectivity index (χ3v) is 16.7. The Bertz CT molecular complexity index is 3660. The number of nitrogens with zero attached hydrogens (tertiary/aromatic N) is 1. The van der Waals surface area contributed by atoms with E-state index in [9.17, 15) is 0 Å². The fourth-order valence-corrected chi connectivity index (χ4v) is 15.9. The molecule has 2 heteroatoms. The lowest BCUT2D eigenvalue weighted by Gasteiger charge is -2.38. The second kappa shape index (κ2) is 6.31. The van der Waals surface area contributed by atoms with Gasteiger partial charge in [0, 0.05) is 29.8 Å². The molecule has 1 heterocycles. The lowest BCUT2D eigenvalue weighted by atomic mass is 9.63.